The molecule has 1 saturated carbocycles. The quantitative estimate of drug-likeness (QED) is 0.204. The van der Waals surface area contributed by atoms with E-state index in [4.69, 9.17) is 44.1 Å². The molecule has 4 N–H and O–H groups in total. The van der Waals surface area contributed by atoms with Crippen LogP contribution in [0.3, 0.4) is 0 Å². The van der Waals surface area contributed by atoms with E-state index in [-0.39, 0.29) is 18.0 Å². The Hall–Kier alpha value is -3.22. The molecule has 2 atom stereocenters. The van der Waals surface area contributed by atoms with Crippen LogP contribution in [0.4, 0.5) is 23.5 Å². The number of aromatic nitrogens is 4. The molecule has 2 unspecified atom stereocenters. The van der Waals surface area contributed by atoms with Gasteiger partial charge in [0.1, 0.15) is 11.6 Å². The van der Waals surface area contributed by atoms with Gasteiger partial charge in [-0.3, -0.25) is 0 Å². The lowest BCUT2D eigenvalue weighted by molar-refractivity contribution is 0.134. The summed E-state index contributed by atoms with van der Waals surface area (Å²) < 4.78 is 12.6. The number of nitrogens with zero attached hydrogens (tertiary/aromatic N) is 6. The van der Waals surface area contributed by atoms with E-state index in [9.17, 15) is 0 Å². The normalized spacial score (nSPS) is 20.2. The number of ether oxygens (including phenoxy) is 2. The third-order valence-electron chi connectivity index (χ3n) is 9.52. The van der Waals surface area contributed by atoms with Gasteiger partial charge in [0.2, 0.25) is 11.9 Å². The summed E-state index contributed by atoms with van der Waals surface area (Å²) in [6, 6.07) is 16.4. The number of nitrogen functional groups attached to an aromatic ring is 2. The Morgan fingerprint density at radius 1 is 0.680 bits per heavy atom. The van der Waals surface area contributed by atoms with Crippen molar-refractivity contribution in [2.45, 2.75) is 70.4 Å². The van der Waals surface area contributed by atoms with Gasteiger partial charge in [0.15, 0.2) is 0 Å². The molecule has 266 valence electrons. The summed E-state index contributed by atoms with van der Waals surface area (Å²) in [4.78, 5) is 21.7. The Balaban J connectivity index is 0.000000175. The highest BCUT2D eigenvalue weighted by molar-refractivity contribution is 9.10. The maximum absolute atomic E-state index is 6.77. The van der Waals surface area contributed by atoms with Gasteiger partial charge in [-0.05, 0) is 80.3 Å². The highest BCUT2D eigenvalue weighted by atomic mass is 79.9. The zero-order chi connectivity index (χ0) is 35.2. The standard InChI is InChI=1S/C21H27ClN4O.C16H18BrClN4O/c1-14-11-20(25-21(23)24-14)26-9-4-10-27-13-19(26)17-8-7-16(12-18(17)22)15-5-2-3-6-15;1-10-7-15(21-16(19)20-10)22-5-2-6-23-9-14(22)12-4-3-11(17)8-13(12)18/h7-8,11-12,15,19H,2-6,9-10,13H2,1H3,(H2,23,24,25);3-4,7-8,14H,2,5-6,9H2,1H3,(H2,19,20,21). The highest BCUT2D eigenvalue weighted by Crippen LogP contribution is 2.39. The first-order valence-electron chi connectivity index (χ1n) is 17.3. The molecule has 3 fully saturated rings. The predicted molar refractivity (Wildman–Crippen MR) is 205 cm³/mol. The van der Waals surface area contributed by atoms with Crippen molar-refractivity contribution in [3.8, 4) is 0 Å². The molecule has 0 amide bonds. The van der Waals surface area contributed by atoms with Gasteiger partial charge in [0.05, 0.1) is 25.3 Å². The van der Waals surface area contributed by atoms with Crippen molar-refractivity contribution < 1.29 is 9.47 Å². The Morgan fingerprint density at radius 2 is 1.18 bits per heavy atom. The Labute approximate surface area is 313 Å². The first-order valence-corrected chi connectivity index (χ1v) is 18.9. The van der Waals surface area contributed by atoms with Crippen LogP contribution in [0.1, 0.15) is 84.6 Å². The van der Waals surface area contributed by atoms with Crippen LogP contribution >= 0.6 is 39.1 Å². The molecule has 3 aliphatic rings. The van der Waals surface area contributed by atoms with Crippen LogP contribution in [0.5, 0.6) is 0 Å². The molecule has 10 nitrogen and oxygen atoms in total. The summed E-state index contributed by atoms with van der Waals surface area (Å²) in [5.41, 5.74) is 16.9. The van der Waals surface area contributed by atoms with Crippen LogP contribution in [0.15, 0.2) is 53.0 Å². The maximum Gasteiger partial charge on any atom is 0.222 e. The van der Waals surface area contributed by atoms with Gasteiger partial charge in [0.25, 0.3) is 0 Å². The Morgan fingerprint density at radius 3 is 1.66 bits per heavy atom. The maximum atomic E-state index is 6.77. The molecule has 1 aliphatic carbocycles. The first-order chi connectivity index (χ1) is 24.2. The van der Waals surface area contributed by atoms with Gasteiger partial charge in [0, 0.05) is 64.3 Å². The zero-order valence-corrected chi connectivity index (χ0v) is 31.7. The van der Waals surface area contributed by atoms with E-state index in [2.05, 4.69) is 63.9 Å². The third kappa shape index (κ3) is 8.98. The van der Waals surface area contributed by atoms with E-state index >= 15 is 0 Å². The number of hydrogen-bond acceptors (Lipinski definition) is 10. The van der Waals surface area contributed by atoms with E-state index in [0.29, 0.717) is 30.1 Å². The van der Waals surface area contributed by atoms with Gasteiger partial charge < -0.3 is 30.7 Å². The molecule has 0 bridgehead atoms. The molecule has 2 saturated heterocycles. The summed E-state index contributed by atoms with van der Waals surface area (Å²) in [7, 11) is 0. The molecular formula is C37H45BrCl2N8O2. The SMILES string of the molecule is Cc1cc(N2CCCOCC2c2ccc(Br)cc2Cl)nc(N)n1.Cc1cc(N2CCCOCC2c2ccc(C3CCCC3)cc2Cl)nc(N)n1. The predicted octanol–water partition coefficient (Wildman–Crippen LogP) is 8.40. The summed E-state index contributed by atoms with van der Waals surface area (Å²) in [6.07, 6.45) is 7.05. The number of anilines is 4. The summed E-state index contributed by atoms with van der Waals surface area (Å²) in [5, 5.41) is 1.53. The highest BCUT2D eigenvalue weighted by Gasteiger charge is 2.29. The average molecular weight is 785 g/mol. The van der Waals surface area contributed by atoms with Crippen molar-refractivity contribution in [1.82, 2.24) is 19.9 Å². The number of benzene rings is 2. The Kier molecular flexibility index (Phi) is 12.3. The zero-order valence-electron chi connectivity index (χ0n) is 28.6. The fraction of sp³-hybridized carbons (Fsp3) is 0.459. The molecule has 0 radical (unpaired) electrons. The fourth-order valence-electron chi connectivity index (χ4n) is 7.16. The van der Waals surface area contributed by atoms with Crippen LogP contribution in [0.2, 0.25) is 10.0 Å². The number of halogens is 3. The third-order valence-corrected chi connectivity index (χ3v) is 10.7. The molecule has 4 aromatic rings. The molecule has 50 heavy (non-hydrogen) atoms. The fourth-order valence-corrected chi connectivity index (χ4v) is 8.28. The molecule has 2 aromatic carbocycles. The van der Waals surface area contributed by atoms with Crippen molar-refractivity contribution >= 4 is 62.7 Å². The van der Waals surface area contributed by atoms with Crippen molar-refractivity contribution in [3.05, 3.63) is 91.1 Å². The lowest BCUT2D eigenvalue weighted by Gasteiger charge is -2.31. The molecule has 7 rings (SSSR count). The van der Waals surface area contributed by atoms with Gasteiger partial charge in [-0.2, -0.15) is 9.97 Å². The first kappa shape index (κ1) is 36.6. The van der Waals surface area contributed by atoms with E-state index in [1.807, 2.05) is 44.2 Å². The smallest absolute Gasteiger partial charge is 0.222 e. The molecule has 2 aliphatic heterocycles. The lowest BCUT2D eigenvalue weighted by Crippen LogP contribution is -2.32. The number of rotatable bonds is 5. The minimum absolute atomic E-state index is 0.00759. The second-order valence-corrected chi connectivity index (χ2v) is 14.9. The molecule has 4 heterocycles. The lowest BCUT2D eigenvalue weighted by atomic mass is 9.95. The summed E-state index contributed by atoms with van der Waals surface area (Å²) in [6.45, 7) is 8.14. The van der Waals surface area contributed by atoms with Crippen LogP contribution < -0.4 is 21.3 Å². The van der Waals surface area contributed by atoms with Crippen molar-refractivity contribution in [1.29, 1.82) is 0 Å². The number of hydrogen-bond donors (Lipinski definition) is 2. The Bertz CT molecular complexity index is 1740. The number of nitrogens with two attached hydrogens (primary N) is 2. The van der Waals surface area contributed by atoms with E-state index < -0.39 is 0 Å². The molecule has 0 spiro atoms. The summed E-state index contributed by atoms with van der Waals surface area (Å²) >= 11 is 16.7. The van der Waals surface area contributed by atoms with Crippen molar-refractivity contribution in [3.63, 3.8) is 0 Å². The average Bonchev–Trinajstić information content (AvgIpc) is 3.35. The minimum atomic E-state index is -0.00759. The molecule has 2 aromatic heterocycles. The van der Waals surface area contributed by atoms with Gasteiger partial charge in [-0.15, -0.1) is 0 Å². The number of aryl methyl sites for hydroxylation is 2. The van der Waals surface area contributed by atoms with Gasteiger partial charge >= 0.3 is 0 Å². The monoisotopic (exact) mass is 782 g/mol. The minimum Gasteiger partial charge on any atom is -0.379 e. The second kappa shape index (κ2) is 16.9. The van der Waals surface area contributed by atoms with Crippen LogP contribution in [0, 0.1) is 13.8 Å². The largest absolute Gasteiger partial charge is 0.379 e. The van der Waals surface area contributed by atoms with Crippen molar-refractivity contribution in [2.75, 3.05) is 60.8 Å². The summed E-state index contributed by atoms with van der Waals surface area (Å²) in [5.74, 6) is 2.89. The van der Waals surface area contributed by atoms with Gasteiger partial charge in [-0.25, -0.2) is 9.97 Å². The van der Waals surface area contributed by atoms with E-state index in [1.54, 1.807) is 0 Å². The van der Waals surface area contributed by atoms with E-state index in [1.165, 1.54) is 31.2 Å². The molecular weight excluding hydrogens is 739 g/mol. The van der Waals surface area contributed by atoms with Crippen molar-refractivity contribution in [2.24, 2.45) is 0 Å². The van der Waals surface area contributed by atoms with E-state index in [0.717, 1.165) is 82.8 Å². The van der Waals surface area contributed by atoms with Crippen LogP contribution in [-0.2, 0) is 9.47 Å². The van der Waals surface area contributed by atoms with Gasteiger partial charge in [-0.1, -0.05) is 70.2 Å². The van der Waals surface area contributed by atoms with Crippen LogP contribution in [-0.4, -0.2) is 59.5 Å². The van der Waals surface area contributed by atoms with Crippen LogP contribution in [0.25, 0.3) is 0 Å². The molecule has 13 heteroatoms. The second-order valence-electron chi connectivity index (χ2n) is 13.2. The topological polar surface area (TPSA) is 129 Å².